The topological polar surface area (TPSA) is 41.6 Å². The second-order valence-corrected chi connectivity index (χ2v) is 4.35. The molecule has 0 radical (unpaired) electrons. The van der Waals surface area contributed by atoms with Crippen molar-refractivity contribution in [2.45, 2.75) is 6.37 Å². The number of nitrogens with zero attached hydrogens (tertiary/aromatic N) is 1. The minimum Gasteiger partial charge on any atom is -0.306 e. The molecule has 1 N–H and O–H groups in total. The lowest BCUT2D eigenvalue weighted by molar-refractivity contribution is 0.233. The van der Waals surface area contributed by atoms with Gasteiger partial charge < -0.3 is 4.52 Å². The van der Waals surface area contributed by atoms with Gasteiger partial charge in [0.25, 0.3) is 0 Å². The zero-order valence-corrected chi connectivity index (χ0v) is 9.29. The summed E-state index contributed by atoms with van der Waals surface area (Å²) in [5.74, 6) is -1.87. The van der Waals surface area contributed by atoms with Gasteiger partial charge in [0.1, 0.15) is 0 Å². The SMILES string of the molecule is [2H]C([2H])(CCl)N(C([2H])([2H])CCl)P1(=O)NC([2H])([2H])C([2H])([2H])C([2H])([2H])O1. The van der Waals surface area contributed by atoms with E-state index in [2.05, 4.69) is 4.52 Å². The van der Waals surface area contributed by atoms with E-state index in [-0.39, 0.29) is 4.67 Å². The van der Waals surface area contributed by atoms with Crippen LogP contribution in [0.4, 0.5) is 0 Å². The van der Waals surface area contributed by atoms with Crippen molar-refractivity contribution >= 4 is 30.9 Å². The fourth-order valence-corrected chi connectivity index (χ4v) is 2.19. The lowest BCUT2D eigenvalue weighted by Crippen LogP contribution is -2.35. The summed E-state index contributed by atoms with van der Waals surface area (Å²) in [5, 5.41) is 1.58. The number of halogens is 2. The van der Waals surface area contributed by atoms with Crippen LogP contribution >= 0.6 is 30.9 Å². The van der Waals surface area contributed by atoms with Crippen LogP contribution in [0.2, 0.25) is 0 Å². The largest absolute Gasteiger partial charge is 0.343 e. The number of alkyl halides is 2. The third-order valence-corrected chi connectivity index (χ3v) is 2.94. The summed E-state index contributed by atoms with van der Waals surface area (Å²) in [6, 6.07) is 0. The molecule has 14 heavy (non-hydrogen) atoms. The van der Waals surface area contributed by atoms with Crippen molar-refractivity contribution in [3.8, 4) is 0 Å². The molecule has 84 valence electrons. The highest BCUT2D eigenvalue weighted by molar-refractivity contribution is 7.54. The van der Waals surface area contributed by atoms with E-state index in [4.69, 9.17) is 36.9 Å². The highest BCUT2D eigenvalue weighted by Crippen LogP contribution is 2.47. The van der Waals surface area contributed by atoms with Crippen molar-refractivity contribution < 1.29 is 22.8 Å². The van der Waals surface area contributed by atoms with E-state index in [1.54, 1.807) is 5.09 Å². The van der Waals surface area contributed by atoms with Gasteiger partial charge in [0, 0.05) is 42.2 Å². The third kappa shape index (κ3) is 3.37. The van der Waals surface area contributed by atoms with Gasteiger partial charge in [-0.05, 0) is 6.37 Å². The van der Waals surface area contributed by atoms with Gasteiger partial charge in [0.2, 0.25) is 0 Å². The van der Waals surface area contributed by atoms with Crippen molar-refractivity contribution in [3.63, 3.8) is 0 Å². The van der Waals surface area contributed by atoms with Crippen LogP contribution < -0.4 is 5.09 Å². The molecule has 4 nitrogen and oxygen atoms in total. The number of rotatable bonds is 5. The maximum atomic E-state index is 13.0. The smallest absolute Gasteiger partial charge is 0.306 e. The zero-order valence-electron chi connectivity index (χ0n) is 16.9. The predicted octanol–water partition coefficient (Wildman–Crippen LogP) is 1.88. The molecule has 0 aromatic rings. The lowest BCUT2D eigenvalue weighted by atomic mass is 10.5. The molecule has 0 amide bonds. The third-order valence-electron chi connectivity index (χ3n) is 1.16. The Balaban J connectivity index is 3.57. The van der Waals surface area contributed by atoms with Crippen molar-refractivity contribution in [2.75, 3.05) is 37.8 Å². The highest BCUT2D eigenvalue weighted by atomic mass is 35.5. The Hall–Kier alpha value is 0.690. The van der Waals surface area contributed by atoms with Crippen molar-refractivity contribution in [3.05, 3.63) is 0 Å². The van der Waals surface area contributed by atoms with Gasteiger partial charge in [-0.1, -0.05) is 0 Å². The maximum Gasteiger partial charge on any atom is 0.343 e. The summed E-state index contributed by atoms with van der Waals surface area (Å²) in [5.41, 5.74) is 0. The highest BCUT2D eigenvalue weighted by Gasteiger charge is 2.32. The molecule has 0 spiro atoms. The van der Waals surface area contributed by atoms with Crippen LogP contribution in [0.5, 0.6) is 0 Å². The molecule has 0 aromatic carbocycles. The van der Waals surface area contributed by atoms with Crippen LogP contribution in [0.1, 0.15) is 20.1 Å². The number of hydrogen-bond donors (Lipinski definition) is 1. The summed E-state index contributed by atoms with van der Waals surface area (Å²) >= 11 is 10.9. The van der Waals surface area contributed by atoms with E-state index < -0.39 is 51.9 Å². The summed E-state index contributed by atoms with van der Waals surface area (Å²) in [4.78, 5) is 0. The normalized spacial score (nSPS) is 51.6. The first-order valence-corrected chi connectivity index (χ1v) is 6.08. The van der Waals surface area contributed by atoms with E-state index in [0.717, 1.165) is 0 Å². The Labute approximate surface area is 108 Å². The number of nitrogens with one attached hydrogen (secondary N) is 1. The molecule has 1 saturated heterocycles. The number of hydrogen-bond acceptors (Lipinski definition) is 2. The molecule has 0 saturated carbocycles. The van der Waals surface area contributed by atoms with Crippen LogP contribution in [0, 0.1) is 0 Å². The van der Waals surface area contributed by atoms with Crippen LogP contribution in [-0.2, 0) is 9.09 Å². The first-order chi connectivity index (χ1) is 10.4. The molecular weight excluding hydrogens is 246 g/mol. The van der Waals surface area contributed by atoms with E-state index >= 15 is 0 Å². The molecule has 1 unspecified atom stereocenters. The first kappa shape index (κ1) is 4.52. The van der Waals surface area contributed by atoms with E-state index in [1.165, 1.54) is 0 Å². The predicted molar refractivity (Wildman–Crippen MR) is 59.2 cm³/mol. The minimum atomic E-state index is -5.15. The summed E-state index contributed by atoms with van der Waals surface area (Å²) in [6.07, 6.45) is -3.32. The Bertz CT molecular complexity index is 507. The molecule has 1 aliphatic heterocycles. The molecular formula is C7H15Cl2N2O2P. The molecule has 7 heteroatoms. The Morgan fingerprint density at radius 2 is 2.21 bits per heavy atom. The van der Waals surface area contributed by atoms with Gasteiger partial charge in [-0.15, -0.1) is 23.2 Å². The van der Waals surface area contributed by atoms with Gasteiger partial charge in [-0.25, -0.2) is 9.76 Å². The molecule has 0 aliphatic carbocycles. The molecule has 1 fully saturated rings. The Morgan fingerprint density at radius 3 is 2.71 bits per heavy atom. The van der Waals surface area contributed by atoms with Gasteiger partial charge >= 0.3 is 7.67 Å². The minimum absolute atomic E-state index is 0.113. The second-order valence-electron chi connectivity index (χ2n) is 1.97. The monoisotopic (exact) mass is 270 g/mol. The zero-order chi connectivity index (χ0) is 19.4. The first-order valence-electron chi connectivity index (χ1n) is 8.43. The molecule has 1 rings (SSSR count). The van der Waals surface area contributed by atoms with E-state index in [0.29, 0.717) is 0 Å². The fourth-order valence-electron chi connectivity index (χ4n) is 0.678. The fraction of sp³-hybridized carbons (Fsp3) is 1.00. The summed E-state index contributed by atoms with van der Waals surface area (Å²) in [7, 11) is -5.15. The summed E-state index contributed by atoms with van der Waals surface area (Å²) < 4.78 is 93.7. The lowest BCUT2D eigenvalue weighted by Gasteiger charge is -2.33. The Morgan fingerprint density at radius 1 is 1.57 bits per heavy atom. The van der Waals surface area contributed by atoms with Gasteiger partial charge in [-0.2, -0.15) is 0 Å². The second kappa shape index (κ2) is 6.31. The van der Waals surface area contributed by atoms with Crippen molar-refractivity contribution in [2.24, 2.45) is 0 Å². The molecule has 0 aromatic heterocycles. The van der Waals surface area contributed by atoms with E-state index in [9.17, 15) is 4.57 Å². The van der Waals surface area contributed by atoms with Gasteiger partial charge in [0.05, 0.1) is 9.30 Å². The standard InChI is InChI=1S/C7H15Cl2N2O2P/c8-2-5-11(6-3-9)14(12)10-4-1-7-13-14/h1-7H2,(H,10,12)/i1D2,4D2,5D2,6D2,7D2. The molecule has 1 aliphatic rings. The quantitative estimate of drug-likeness (QED) is 0.612. The summed E-state index contributed by atoms with van der Waals surface area (Å²) in [6.45, 7) is -12.5. The van der Waals surface area contributed by atoms with Crippen LogP contribution in [0.25, 0.3) is 0 Å². The molecule has 1 heterocycles. The Kier molecular flexibility index (Phi) is 2.04. The maximum absolute atomic E-state index is 13.0. The average molecular weight is 271 g/mol. The van der Waals surface area contributed by atoms with Crippen LogP contribution in [0.3, 0.4) is 0 Å². The van der Waals surface area contributed by atoms with Crippen LogP contribution in [0.15, 0.2) is 0 Å². The molecule has 0 bridgehead atoms. The van der Waals surface area contributed by atoms with Crippen LogP contribution in [-0.4, -0.2) is 42.5 Å². The average Bonchev–Trinajstić information content (AvgIpc) is 2.34. The van der Waals surface area contributed by atoms with Crippen molar-refractivity contribution in [1.29, 1.82) is 0 Å². The van der Waals surface area contributed by atoms with E-state index in [1.807, 2.05) is 0 Å². The van der Waals surface area contributed by atoms with Gasteiger partial charge in [-0.3, -0.25) is 4.57 Å². The van der Waals surface area contributed by atoms with Gasteiger partial charge in [0.15, 0.2) is 0 Å². The molecule has 1 atom stereocenters. The van der Waals surface area contributed by atoms with Crippen molar-refractivity contribution in [1.82, 2.24) is 9.76 Å².